The van der Waals surface area contributed by atoms with Crippen molar-refractivity contribution in [2.75, 3.05) is 38.5 Å². The monoisotopic (exact) mass is 237 g/mol. The van der Waals surface area contributed by atoms with Crippen LogP contribution in [0, 0.1) is 5.82 Å². The molecule has 0 unspecified atom stereocenters. The van der Waals surface area contributed by atoms with E-state index in [9.17, 15) is 4.39 Å². The number of rotatable bonds is 3. The summed E-state index contributed by atoms with van der Waals surface area (Å²) in [5, 5.41) is 0. The first-order valence-corrected chi connectivity index (χ1v) is 6.17. The quantitative estimate of drug-likeness (QED) is 0.810. The molecule has 1 heterocycles. The van der Waals surface area contributed by atoms with Crippen LogP contribution in [0.1, 0.15) is 12.5 Å². The van der Waals surface area contributed by atoms with Crippen molar-refractivity contribution < 1.29 is 4.39 Å². The summed E-state index contributed by atoms with van der Waals surface area (Å²) in [4.78, 5) is 4.77. The molecule has 0 saturated carbocycles. The van der Waals surface area contributed by atoms with Crippen LogP contribution in [-0.2, 0) is 6.54 Å². The van der Waals surface area contributed by atoms with Crippen LogP contribution in [0.3, 0.4) is 0 Å². The SMILES string of the molecule is CCN1CCN(Cc2cc(N)cc(F)c2)CC1. The third kappa shape index (κ3) is 3.41. The highest BCUT2D eigenvalue weighted by molar-refractivity contribution is 5.41. The molecule has 17 heavy (non-hydrogen) atoms. The summed E-state index contributed by atoms with van der Waals surface area (Å²) >= 11 is 0. The molecule has 1 fully saturated rings. The van der Waals surface area contributed by atoms with Crippen molar-refractivity contribution in [3.05, 3.63) is 29.6 Å². The summed E-state index contributed by atoms with van der Waals surface area (Å²) in [6.45, 7) is 8.38. The Morgan fingerprint density at radius 3 is 2.35 bits per heavy atom. The Morgan fingerprint density at radius 1 is 1.12 bits per heavy atom. The van der Waals surface area contributed by atoms with E-state index in [4.69, 9.17) is 5.73 Å². The molecule has 1 aromatic carbocycles. The summed E-state index contributed by atoms with van der Waals surface area (Å²) in [5.41, 5.74) is 7.11. The molecule has 0 amide bonds. The highest BCUT2D eigenvalue weighted by Crippen LogP contribution is 2.14. The summed E-state index contributed by atoms with van der Waals surface area (Å²) in [6, 6.07) is 4.79. The van der Waals surface area contributed by atoms with Crippen molar-refractivity contribution in [3.8, 4) is 0 Å². The van der Waals surface area contributed by atoms with E-state index in [2.05, 4.69) is 16.7 Å². The number of hydrogen-bond acceptors (Lipinski definition) is 3. The second-order valence-corrected chi connectivity index (χ2v) is 4.60. The van der Waals surface area contributed by atoms with Gasteiger partial charge in [-0.25, -0.2) is 4.39 Å². The maximum atomic E-state index is 13.2. The van der Waals surface area contributed by atoms with Gasteiger partial charge in [0.25, 0.3) is 0 Å². The first kappa shape index (κ1) is 12.3. The average molecular weight is 237 g/mol. The van der Waals surface area contributed by atoms with Crippen molar-refractivity contribution in [2.45, 2.75) is 13.5 Å². The van der Waals surface area contributed by atoms with E-state index < -0.39 is 0 Å². The molecular weight excluding hydrogens is 217 g/mol. The zero-order chi connectivity index (χ0) is 12.3. The second kappa shape index (κ2) is 5.47. The van der Waals surface area contributed by atoms with Crippen LogP contribution in [0.5, 0.6) is 0 Å². The van der Waals surface area contributed by atoms with Crippen LogP contribution < -0.4 is 5.73 Å². The Kier molecular flexibility index (Phi) is 3.97. The molecule has 3 nitrogen and oxygen atoms in total. The summed E-state index contributed by atoms with van der Waals surface area (Å²) < 4.78 is 13.2. The summed E-state index contributed by atoms with van der Waals surface area (Å²) in [6.07, 6.45) is 0. The maximum Gasteiger partial charge on any atom is 0.125 e. The van der Waals surface area contributed by atoms with E-state index in [1.807, 2.05) is 6.07 Å². The van der Waals surface area contributed by atoms with Crippen LogP contribution in [0.2, 0.25) is 0 Å². The second-order valence-electron chi connectivity index (χ2n) is 4.60. The third-order valence-corrected chi connectivity index (χ3v) is 3.30. The molecule has 4 heteroatoms. The van der Waals surface area contributed by atoms with Crippen molar-refractivity contribution >= 4 is 5.69 Å². The van der Waals surface area contributed by atoms with Gasteiger partial charge < -0.3 is 10.6 Å². The van der Waals surface area contributed by atoms with E-state index in [0.717, 1.165) is 44.8 Å². The molecule has 2 rings (SSSR count). The molecule has 2 N–H and O–H groups in total. The van der Waals surface area contributed by atoms with Crippen molar-refractivity contribution in [2.24, 2.45) is 0 Å². The average Bonchev–Trinajstić information content (AvgIpc) is 2.28. The molecule has 0 bridgehead atoms. The number of halogens is 1. The Balaban J connectivity index is 1.93. The Labute approximate surface area is 102 Å². The van der Waals surface area contributed by atoms with Gasteiger partial charge in [-0.2, -0.15) is 0 Å². The minimum atomic E-state index is -0.243. The van der Waals surface area contributed by atoms with Gasteiger partial charge in [-0.05, 0) is 30.3 Å². The largest absolute Gasteiger partial charge is 0.399 e. The fourth-order valence-corrected chi connectivity index (χ4v) is 2.29. The molecule has 0 atom stereocenters. The number of piperazine rings is 1. The molecule has 94 valence electrons. The lowest BCUT2D eigenvalue weighted by Gasteiger charge is -2.34. The number of nitrogen functional groups attached to an aromatic ring is 1. The standard InChI is InChI=1S/C13H20FN3/c1-2-16-3-5-17(6-4-16)10-11-7-12(14)9-13(15)8-11/h7-9H,2-6,10,15H2,1H3. The predicted molar refractivity (Wildman–Crippen MR) is 68.2 cm³/mol. The van der Waals surface area contributed by atoms with E-state index in [-0.39, 0.29) is 5.82 Å². The molecule has 1 aliphatic rings. The number of nitrogens with two attached hydrogens (primary N) is 1. The van der Waals surface area contributed by atoms with Crippen molar-refractivity contribution in [1.82, 2.24) is 9.80 Å². The number of hydrogen-bond donors (Lipinski definition) is 1. The fourth-order valence-electron chi connectivity index (χ4n) is 2.29. The summed E-state index contributed by atoms with van der Waals surface area (Å²) in [7, 11) is 0. The highest BCUT2D eigenvalue weighted by atomic mass is 19.1. The number of likely N-dealkylation sites (N-methyl/N-ethyl adjacent to an activating group) is 1. The van der Waals surface area contributed by atoms with Crippen LogP contribution in [0.15, 0.2) is 18.2 Å². The van der Waals surface area contributed by atoms with Crippen molar-refractivity contribution in [3.63, 3.8) is 0 Å². The normalized spacial score (nSPS) is 18.5. The highest BCUT2D eigenvalue weighted by Gasteiger charge is 2.15. The van der Waals surface area contributed by atoms with Gasteiger partial charge in [0.2, 0.25) is 0 Å². The number of anilines is 1. The molecule has 0 aromatic heterocycles. The lowest BCUT2D eigenvalue weighted by molar-refractivity contribution is 0.132. The minimum absolute atomic E-state index is 0.243. The fraction of sp³-hybridized carbons (Fsp3) is 0.538. The van der Waals surface area contributed by atoms with Crippen LogP contribution >= 0.6 is 0 Å². The van der Waals surface area contributed by atoms with Gasteiger partial charge in [-0.15, -0.1) is 0 Å². The Hall–Kier alpha value is -1.13. The maximum absolute atomic E-state index is 13.2. The van der Waals surface area contributed by atoms with Crippen molar-refractivity contribution in [1.29, 1.82) is 0 Å². The number of nitrogens with zero attached hydrogens (tertiary/aromatic N) is 2. The molecule has 0 spiro atoms. The van der Waals surface area contributed by atoms with Gasteiger partial charge in [-0.3, -0.25) is 4.90 Å². The molecule has 1 aliphatic heterocycles. The van der Waals surface area contributed by atoms with Gasteiger partial charge in [-0.1, -0.05) is 6.92 Å². The van der Waals surface area contributed by atoms with E-state index in [1.165, 1.54) is 6.07 Å². The molecule has 0 radical (unpaired) electrons. The van der Waals surface area contributed by atoms with Gasteiger partial charge >= 0.3 is 0 Å². The minimum Gasteiger partial charge on any atom is -0.399 e. The Morgan fingerprint density at radius 2 is 1.76 bits per heavy atom. The first-order chi connectivity index (χ1) is 8.17. The topological polar surface area (TPSA) is 32.5 Å². The van der Waals surface area contributed by atoms with E-state index in [1.54, 1.807) is 6.07 Å². The van der Waals surface area contributed by atoms with Gasteiger partial charge in [0.05, 0.1) is 0 Å². The van der Waals surface area contributed by atoms with E-state index in [0.29, 0.717) is 5.69 Å². The zero-order valence-corrected chi connectivity index (χ0v) is 10.3. The molecular formula is C13H20FN3. The van der Waals surface area contributed by atoms with Gasteiger partial charge in [0, 0.05) is 38.4 Å². The van der Waals surface area contributed by atoms with Crippen LogP contribution in [0.25, 0.3) is 0 Å². The zero-order valence-electron chi connectivity index (χ0n) is 10.3. The molecule has 1 saturated heterocycles. The molecule has 1 aromatic rings. The predicted octanol–water partition coefficient (Wildman–Crippen LogP) is 1.55. The third-order valence-electron chi connectivity index (χ3n) is 3.30. The van der Waals surface area contributed by atoms with Crippen LogP contribution in [-0.4, -0.2) is 42.5 Å². The number of benzene rings is 1. The molecule has 0 aliphatic carbocycles. The van der Waals surface area contributed by atoms with Crippen LogP contribution in [0.4, 0.5) is 10.1 Å². The van der Waals surface area contributed by atoms with E-state index >= 15 is 0 Å². The lowest BCUT2D eigenvalue weighted by atomic mass is 10.1. The summed E-state index contributed by atoms with van der Waals surface area (Å²) in [5.74, 6) is -0.243. The van der Waals surface area contributed by atoms with Gasteiger partial charge in [0.1, 0.15) is 5.82 Å². The smallest absolute Gasteiger partial charge is 0.125 e. The van der Waals surface area contributed by atoms with Gasteiger partial charge in [0.15, 0.2) is 0 Å². The Bertz CT molecular complexity index is 353. The lowest BCUT2D eigenvalue weighted by Crippen LogP contribution is -2.45. The first-order valence-electron chi connectivity index (χ1n) is 6.17.